The molecule has 1 N–H and O–H groups in total. The highest BCUT2D eigenvalue weighted by molar-refractivity contribution is 4.82. The van der Waals surface area contributed by atoms with Gasteiger partial charge in [-0.15, -0.1) is 0 Å². The van der Waals surface area contributed by atoms with Gasteiger partial charge in [0.1, 0.15) is 0 Å². The topological polar surface area (TPSA) is 24.5 Å². The molecule has 2 rings (SSSR count). The van der Waals surface area contributed by atoms with E-state index in [0.29, 0.717) is 12.1 Å². The van der Waals surface area contributed by atoms with E-state index < -0.39 is 0 Å². The molecule has 2 atom stereocenters. The summed E-state index contributed by atoms with van der Waals surface area (Å²) in [6.45, 7) is 6.78. The molecule has 2 aliphatic heterocycles. The minimum Gasteiger partial charge on any atom is -0.381 e. The Bertz CT molecular complexity index is 204. The van der Waals surface area contributed by atoms with E-state index in [4.69, 9.17) is 4.74 Å². The molecule has 0 radical (unpaired) electrons. The second-order valence-electron chi connectivity index (χ2n) is 5.51. The number of nitrogens with one attached hydrogen (secondary N) is 1. The van der Waals surface area contributed by atoms with Gasteiger partial charge in [0, 0.05) is 31.8 Å². The third-order valence-corrected chi connectivity index (χ3v) is 4.09. The van der Waals surface area contributed by atoms with Crippen LogP contribution in [-0.4, -0.2) is 50.3 Å². The minimum atomic E-state index is 0.658. The average molecular weight is 226 g/mol. The van der Waals surface area contributed by atoms with Gasteiger partial charge < -0.3 is 15.0 Å². The van der Waals surface area contributed by atoms with E-state index in [1.165, 1.54) is 38.8 Å². The lowest BCUT2D eigenvalue weighted by Crippen LogP contribution is -2.48. The number of hydrogen-bond acceptors (Lipinski definition) is 3. The Hall–Kier alpha value is -0.120. The van der Waals surface area contributed by atoms with Gasteiger partial charge >= 0.3 is 0 Å². The molecule has 0 aromatic carbocycles. The first-order valence-electron chi connectivity index (χ1n) is 6.78. The molecular formula is C13H26N2O. The van der Waals surface area contributed by atoms with Crippen molar-refractivity contribution in [2.75, 3.05) is 33.4 Å². The number of rotatable bonds is 3. The van der Waals surface area contributed by atoms with Crippen molar-refractivity contribution in [2.45, 2.75) is 44.7 Å². The van der Waals surface area contributed by atoms with E-state index in [9.17, 15) is 0 Å². The molecular weight excluding hydrogens is 200 g/mol. The highest BCUT2D eigenvalue weighted by Crippen LogP contribution is 2.20. The van der Waals surface area contributed by atoms with Crippen LogP contribution in [0.15, 0.2) is 0 Å². The Labute approximate surface area is 99.5 Å². The van der Waals surface area contributed by atoms with Crippen LogP contribution in [0.2, 0.25) is 0 Å². The molecule has 0 bridgehead atoms. The Kier molecular flexibility index (Phi) is 4.62. The van der Waals surface area contributed by atoms with Crippen LogP contribution >= 0.6 is 0 Å². The summed E-state index contributed by atoms with van der Waals surface area (Å²) in [5.41, 5.74) is 0. The van der Waals surface area contributed by atoms with Gasteiger partial charge in [0.2, 0.25) is 0 Å². The third-order valence-electron chi connectivity index (χ3n) is 4.09. The standard InChI is InChI=1S/C13H26N2O/c1-11(12-4-3-7-15(2)10-12)14-13-5-8-16-9-6-13/h11-14H,3-10H2,1-2H3. The van der Waals surface area contributed by atoms with Gasteiger partial charge in [-0.05, 0) is 52.1 Å². The van der Waals surface area contributed by atoms with Crippen LogP contribution in [0.3, 0.4) is 0 Å². The molecule has 0 aliphatic carbocycles. The first-order chi connectivity index (χ1) is 7.75. The van der Waals surface area contributed by atoms with Crippen molar-refractivity contribution in [3.63, 3.8) is 0 Å². The fourth-order valence-corrected chi connectivity index (χ4v) is 2.99. The molecule has 0 aromatic heterocycles. The summed E-state index contributed by atoms with van der Waals surface area (Å²) in [5, 5.41) is 3.80. The van der Waals surface area contributed by atoms with Gasteiger partial charge in [-0.3, -0.25) is 0 Å². The van der Waals surface area contributed by atoms with Crippen LogP contribution in [0.25, 0.3) is 0 Å². The van der Waals surface area contributed by atoms with E-state index >= 15 is 0 Å². The summed E-state index contributed by atoms with van der Waals surface area (Å²) in [5.74, 6) is 0.835. The van der Waals surface area contributed by atoms with E-state index in [1.54, 1.807) is 0 Å². The van der Waals surface area contributed by atoms with Crippen molar-refractivity contribution < 1.29 is 4.74 Å². The van der Waals surface area contributed by atoms with E-state index in [1.807, 2.05) is 0 Å². The molecule has 94 valence electrons. The van der Waals surface area contributed by atoms with Crippen molar-refractivity contribution in [1.29, 1.82) is 0 Å². The number of hydrogen-bond donors (Lipinski definition) is 1. The molecule has 0 amide bonds. The number of ether oxygens (including phenoxy) is 1. The average Bonchev–Trinajstić information content (AvgIpc) is 2.30. The fourth-order valence-electron chi connectivity index (χ4n) is 2.99. The van der Waals surface area contributed by atoms with Gasteiger partial charge in [0.15, 0.2) is 0 Å². The highest BCUT2D eigenvalue weighted by atomic mass is 16.5. The molecule has 2 unspecified atom stereocenters. The molecule has 2 saturated heterocycles. The zero-order valence-electron chi connectivity index (χ0n) is 10.7. The van der Waals surface area contributed by atoms with E-state index in [2.05, 4.69) is 24.2 Å². The van der Waals surface area contributed by atoms with Crippen LogP contribution in [0.5, 0.6) is 0 Å². The lowest BCUT2D eigenvalue weighted by molar-refractivity contribution is 0.0697. The summed E-state index contributed by atoms with van der Waals surface area (Å²) in [7, 11) is 2.24. The third kappa shape index (κ3) is 3.44. The second kappa shape index (κ2) is 5.99. The Balaban J connectivity index is 1.75. The zero-order valence-corrected chi connectivity index (χ0v) is 10.7. The number of nitrogens with zero attached hydrogens (tertiary/aromatic N) is 1. The predicted octanol–water partition coefficient (Wildman–Crippen LogP) is 1.49. The van der Waals surface area contributed by atoms with Crippen molar-refractivity contribution in [1.82, 2.24) is 10.2 Å². The van der Waals surface area contributed by atoms with E-state index in [-0.39, 0.29) is 0 Å². The largest absolute Gasteiger partial charge is 0.381 e. The van der Waals surface area contributed by atoms with Crippen molar-refractivity contribution in [3.8, 4) is 0 Å². The van der Waals surface area contributed by atoms with Crippen molar-refractivity contribution >= 4 is 0 Å². The predicted molar refractivity (Wildman–Crippen MR) is 66.7 cm³/mol. The molecule has 2 fully saturated rings. The molecule has 3 nitrogen and oxygen atoms in total. The Morgan fingerprint density at radius 2 is 2.00 bits per heavy atom. The zero-order chi connectivity index (χ0) is 11.4. The molecule has 16 heavy (non-hydrogen) atoms. The second-order valence-corrected chi connectivity index (χ2v) is 5.51. The van der Waals surface area contributed by atoms with Crippen molar-refractivity contribution in [2.24, 2.45) is 5.92 Å². The van der Waals surface area contributed by atoms with Crippen LogP contribution < -0.4 is 5.32 Å². The summed E-state index contributed by atoms with van der Waals surface area (Å²) >= 11 is 0. The molecule has 0 spiro atoms. The number of piperidine rings is 1. The van der Waals surface area contributed by atoms with Gasteiger partial charge in [0.05, 0.1) is 0 Å². The van der Waals surface area contributed by atoms with Crippen LogP contribution in [-0.2, 0) is 4.74 Å². The molecule has 0 aromatic rings. The smallest absolute Gasteiger partial charge is 0.0480 e. The highest BCUT2D eigenvalue weighted by Gasteiger charge is 2.25. The minimum absolute atomic E-state index is 0.658. The van der Waals surface area contributed by atoms with E-state index in [0.717, 1.165) is 19.1 Å². The summed E-state index contributed by atoms with van der Waals surface area (Å²) in [6, 6.07) is 1.35. The van der Waals surface area contributed by atoms with Crippen molar-refractivity contribution in [3.05, 3.63) is 0 Å². The number of likely N-dealkylation sites (tertiary alicyclic amines) is 1. The van der Waals surface area contributed by atoms with Gasteiger partial charge in [0.25, 0.3) is 0 Å². The first-order valence-corrected chi connectivity index (χ1v) is 6.78. The quantitative estimate of drug-likeness (QED) is 0.789. The SMILES string of the molecule is CC(NC1CCOCC1)C1CCCN(C)C1. The fraction of sp³-hybridized carbons (Fsp3) is 1.00. The van der Waals surface area contributed by atoms with Gasteiger partial charge in [-0.2, -0.15) is 0 Å². The maximum Gasteiger partial charge on any atom is 0.0480 e. The summed E-state index contributed by atoms with van der Waals surface area (Å²) in [6.07, 6.45) is 5.13. The molecule has 2 aliphatic rings. The summed E-state index contributed by atoms with van der Waals surface area (Å²) in [4.78, 5) is 2.47. The first kappa shape index (κ1) is 12.3. The lowest BCUT2D eigenvalue weighted by Gasteiger charge is -2.36. The van der Waals surface area contributed by atoms with Gasteiger partial charge in [-0.25, -0.2) is 0 Å². The van der Waals surface area contributed by atoms with Gasteiger partial charge in [-0.1, -0.05) is 0 Å². The Morgan fingerprint density at radius 1 is 1.25 bits per heavy atom. The maximum atomic E-state index is 5.40. The monoisotopic (exact) mass is 226 g/mol. The molecule has 3 heteroatoms. The molecule has 2 heterocycles. The van der Waals surface area contributed by atoms with Crippen LogP contribution in [0.4, 0.5) is 0 Å². The summed E-state index contributed by atoms with van der Waals surface area (Å²) < 4.78 is 5.40. The normalized spacial score (nSPS) is 31.5. The van der Waals surface area contributed by atoms with Crippen LogP contribution in [0.1, 0.15) is 32.6 Å². The maximum absolute atomic E-state index is 5.40. The lowest BCUT2D eigenvalue weighted by atomic mass is 9.91. The Morgan fingerprint density at radius 3 is 2.69 bits per heavy atom. The molecule has 0 saturated carbocycles. The van der Waals surface area contributed by atoms with Crippen LogP contribution in [0, 0.1) is 5.92 Å².